The number of aliphatic carboxylic acids is 1. The summed E-state index contributed by atoms with van der Waals surface area (Å²) in [5.74, 6) is -0.852. The van der Waals surface area contributed by atoms with Gasteiger partial charge in [0.15, 0.2) is 4.90 Å². The van der Waals surface area contributed by atoms with Crippen molar-refractivity contribution >= 4 is 34.4 Å². The Morgan fingerprint density at radius 2 is 1.92 bits per heavy atom. The van der Waals surface area contributed by atoms with Gasteiger partial charge >= 0.3 is 5.97 Å². The maximum atomic E-state index is 11.5. The summed E-state index contributed by atoms with van der Waals surface area (Å²) in [7, 11) is 1.64. The first-order valence-electron chi connectivity index (χ1n) is 8.18. The lowest BCUT2D eigenvalue weighted by atomic mass is 9.99. The van der Waals surface area contributed by atoms with Crippen LogP contribution in [0.3, 0.4) is 0 Å². The highest BCUT2D eigenvalue weighted by molar-refractivity contribution is 7.90. The highest BCUT2D eigenvalue weighted by atomic mass is 32.2. The van der Waals surface area contributed by atoms with Crippen molar-refractivity contribution in [1.82, 2.24) is 0 Å². The summed E-state index contributed by atoms with van der Waals surface area (Å²) >= 11 is -1.00. The molecule has 26 heavy (non-hydrogen) atoms. The van der Waals surface area contributed by atoms with Gasteiger partial charge in [-0.3, -0.25) is 4.79 Å². The van der Waals surface area contributed by atoms with E-state index in [1.54, 1.807) is 13.4 Å². The number of rotatable bonds is 6. The highest BCUT2D eigenvalue weighted by Crippen LogP contribution is 2.38. The predicted octanol–water partition coefficient (Wildman–Crippen LogP) is 3.98. The molecule has 4 nitrogen and oxygen atoms in total. The van der Waals surface area contributed by atoms with E-state index in [0.29, 0.717) is 6.61 Å². The molecule has 1 atom stereocenters. The first-order valence-corrected chi connectivity index (χ1v) is 9.74. The molecule has 2 aromatic rings. The predicted molar refractivity (Wildman–Crippen MR) is 104 cm³/mol. The molecule has 0 aliphatic heterocycles. The van der Waals surface area contributed by atoms with E-state index in [4.69, 9.17) is 4.74 Å². The summed E-state index contributed by atoms with van der Waals surface area (Å²) in [4.78, 5) is 12.0. The van der Waals surface area contributed by atoms with Crippen LogP contribution < -0.4 is 0 Å². The normalized spacial score (nSPS) is 15.7. The molecule has 0 heterocycles. The summed E-state index contributed by atoms with van der Waals surface area (Å²) in [6, 6.07) is 13.5. The van der Waals surface area contributed by atoms with Crippen LogP contribution in [0.5, 0.6) is 0 Å². The molecule has 0 saturated carbocycles. The second-order valence-electron chi connectivity index (χ2n) is 6.18. The van der Waals surface area contributed by atoms with Crippen LogP contribution >= 0.6 is 0 Å². The SMILES string of the molecule is COCc1ccc2c(c1)C(CC(=O)O)=CC2=Cc1ccc([S+](C)[O-])cc1. The molecule has 0 saturated heterocycles. The number of ether oxygens (including phenoxy) is 1. The van der Waals surface area contributed by atoms with Gasteiger partial charge in [-0.05, 0) is 87.1 Å². The molecule has 1 unspecified atom stereocenters. The van der Waals surface area contributed by atoms with Crippen LogP contribution in [0.1, 0.15) is 28.7 Å². The minimum Gasteiger partial charge on any atom is -0.612 e. The fraction of sp³-hybridized carbons (Fsp3) is 0.190. The number of carboxylic acid groups (broad SMARTS) is 1. The minimum atomic E-state index is -1.00. The van der Waals surface area contributed by atoms with Crippen molar-refractivity contribution in [2.45, 2.75) is 17.9 Å². The zero-order valence-electron chi connectivity index (χ0n) is 14.7. The first kappa shape index (κ1) is 18.5. The number of benzene rings is 2. The van der Waals surface area contributed by atoms with E-state index in [2.05, 4.69) is 0 Å². The Labute approximate surface area is 156 Å². The molecule has 5 heteroatoms. The number of carbonyl (C=O) groups is 1. The summed E-state index contributed by atoms with van der Waals surface area (Å²) in [6.07, 6.45) is 5.58. The van der Waals surface area contributed by atoms with Gasteiger partial charge in [0.1, 0.15) is 6.26 Å². The standard InChI is InChI=1S/C21H20O4S/c1-25-13-15-5-8-19-16(11-17(12-21(22)23)20(19)10-15)9-14-3-6-18(7-4-14)26(2)24/h3-11H,12-13H2,1-2H3,(H,22,23). The second-order valence-corrected chi connectivity index (χ2v) is 7.56. The first-order chi connectivity index (χ1) is 12.5. The third-order valence-electron chi connectivity index (χ3n) is 4.26. The van der Waals surface area contributed by atoms with Gasteiger partial charge in [0.2, 0.25) is 0 Å². The Kier molecular flexibility index (Phi) is 5.61. The topological polar surface area (TPSA) is 69.6 Å². The summed E-state index contributed by atoms with van der Waals surface area (Å²) in [5.41, 5.74) is 5.73. The van der Waals surface area contributed by atoms with Crippen LogP contribution in [0.4, 0.5) is 0 Å². The molecule has 1 N–H and O–H groups in total. The van der Waals surface area contributed by atoms with Crippen LogP contribution in [0.2, 0.25) is 0 Å². The molecular weight excluding hydrogens is 348 g/mol. The van der Waals surface area contributed by atoms with Crippen molar-refractivity contribution in [3.63, 3.8) is 0 Å². The van der Waals surface area contributed by atoms with E-state index in [9.17, 15) is 14.5 Å². The van der Waals surface area contributed by atoms with Crippen molar-refractivity contribution in [3.8, 4) is 0 Å². The lowest BCUT2D eigenvalue weighted by Crippen LogP contribution is -1.97. The van der Waals surface area contributed by atoms with E-state index in [1.165, 1.54) is 0 Å². The lowest BCUT2D eigenvalue weighted by Gasteiger charge is -2.08. The van der Waals surface area contributed by atoms with Crippen LogP contribution in [-0.2, 0) is 27.3 Å². The summed E-state index contributed by atoms with van der Waals surface area (Å²) in [6.45, 7) is 0.488. The Morgan fingerprint density at radius 1 is 1.19 bits per heavy atom. The number of methoxy groups -OCH3 is 1. The molecule has 0 bridgehead atoms. The Balaban J connectivity index is 2.00. The minimum absolute atomic E-state index is 0.0193. The van der Waals surface area contributed by atoms with E-state index in [-0.39, 0.29) is 6.42 Å². The van der Waals surface area contributed by atoms with Crippen molar-refractivity contribution in [3.05, 3.63) is 70.8 Å². The molecule has 2 aromatic carbocycles. The van der Waals surface area contributed by atoms with Crippen molar-refractivity contribution < 1.29 is 19.2 Å². The van der Waals surface area contributed by atoms with Crippen molar-refractivity contribution in [2.75, 3.05) is 13.4 Å². The van der Waals surface area contributed by atoms with Crippen LogP contribution in [0.15, 0.2) is 53.4 Å². The Hall–Kier alpha value is -2.34. The van der Waals surface area contributed by atoms with Gasteiger partial charge in [-0.2, -0.15) is 0 Å². The third kappa shape index (κ3) is 4.07. The monoisotopic (exact) mass is 368 g/mol. The molecule has 0 radical (unpaired) electrons. The van der Waals surface area contributed by atoms with E-state index in [0.717, 1.165) is 38.3 Å². The quantitative estimate of drug-likeness (QED) is 0.783. The maximum Gasteiger partial charge on any atom is 0.307 e. The molecule has 0 amide bonds. The summed E-state index contributed by atoms with van der Waals surface area (Å²) in [5, 5.41) is 9.22. The summed E-state index contributed by atoms with van der Waals surface area (Å²) < 4.78 is 16.7. The fourth-order valence-electron chi connectivity index (χ4n) is 3.07. The van der Waals surface area contributed by atoms with Crippen molar-refractivity contribution in [1.29, 1.82) is 0 Å². The molecule has 0 fully saturated rings. The van der Waals surface area contributed by atoms with Gasteiger partial charge in [-0.1, -0.05) is 12.1 Å². The Morgan fingerprint density at radius 3 is 2.54 bits per heavy atom. The average Bonchev–Trinajstić information content (AvgIpc) is 2.92. The maximum absolute atomic E-state index is 11.5. The molecule has 3 rings (SSSR count). The molecule has 1 aliphatic carbocycles. The van der Waals surface area contributed by atoms with Gasteiger partial charge in [-0.25, -0.2) is 0 Å². The van der Waals surface area contributed by atoms with Crippen LogP contribution in [-0.4, -0.2) is 29.0 Å². The molecule has 1 aliphatic rings. The number of allylic oxidation sites excluding steroid dienone is 2. The van der Waals surface area contributed by atoms with Gasteiger partial charge in [0.05, 0.1) is 13.0 Å². The van der Waals surface area contributed by atoms with Crippen LogP contribution in [0, 0.1) is 0 Å². The molecule has 0 aromatic heterocycles. The zero-order chi connectivity index (χ0) is 18.7. The number of hydrogen-bond donors (Lipinski definition) is 1. The fourth-order valence-corrected chi connectivity index (χ4v) is 3.59. The third-order valence-corrected chi connectivity index (χ3v) is 5.19. The number of carboxylic acids is 1. The zero-order valence-corrected chi connectivity index (χ0v) is 15.5. The number of fused-ring (bicyclic) bond motifs is 1. The molecule has 0 spiro atoms. The average molecular weight is 368 g/mol. The van der Waals surface area contributed by atoms with E-state index in [1.807, 2.05) is 54.6 Å². The van der Waals surface area contributed by atoms with Crippen molar-refractivity contribution in [2.24, 2.45) is 0 Å². The Bertz CT molecular complexity index is 879. The number of hydrogen-bond acceptors (Lipinski definition) is 3. The smallest absolute Gasteiger partial charge is 0.307 e. The van der Waals surface area contributed by atoms with Gasteiger partial charge < -0.3 is 14.4 Å². The second kappa shape index (κ2) is 7.91. The van der Waals surface area contributed by atoms with E-state index >= 15 is 0 Å². The van der Waals surface area contributed by atoms with Gasteiger partial charge in [0, 0.05) is 7.11 Å². The molecular formula is C21H20O4S. The largest absolute Gasteiger partial charge is 0.612 e. The molecule has 134 valence electrons. The lowest BCUT2D eigenvalue weighted by molar-refractivity contribution is -0.135. The highest BCUT2D eigenvalue weighted by Gasteiger charge is 2.20. The van der Waals surface area contributed by atoms with E-state index < -0.39 is 17.1 Å². The van der Waals surface area contributed by atoms with Gasteiger partial charge in [-0.15, -0.1) is 0 Å². The van der Waals surface area contributed by atoms with Crippen LogP contribution in [0.25, 0.3) is 17.2 Å². The van der Waals surface area contributed by atoms with Gasteiger partial charge in [0.25, 0.3) is 0 Å².